The van der Waals surface area contributed by atoms with Gasteiger partial charge in [0.2, 0.25) is 11.8 Å². The number of aryl methyl sites for hydroxylation is 2. The molecule has 366 valence electrons. The molecule has 2 unspecified atom stereocenters. The topological polar surface area (TPSA) is 238 Å². The summed E-state index contributed by atoms with van der Waals surface area (Å²) >= 11 is 0. The third-order valence-corrected chi connectivity index (χ3v) is 11.7. The Morgan fingerprint density at radius 1 is 0.706 bits per heavy atom. The van der Waals surface area contributed by atoms with Crippen molar-refractivity contribution in [2.45, 2.75) is 107 Å². The van der Waals surface area contributed by atoms with Crippen LogP contribution in [-0.4, -0.2) is 105 Å². The average molecular weight is 943 g/mol. The minimum atomic E-state index is -0.993. The van der Waals surface area contributed by atoms with Crippen molar-refractivity contribution < 1.29 is 47.8 Å². The second kappa shape index (κ2) is 22.7. The number of hydrogen-bond acceptors (Lipinski definition) is 8. The molecule has 2 aromatic carbocycles. The average Bonchev–Trinajstić information content (AvgIpc) is 3.52. The molecule has 16 nitrogen and oxygen atoms in total. The van der Waals surface area contributed by atoms with Gasteiger partial charge in [0, 0.05) is 77.5 Å². The van der Waals surface area contributed by atoms with E-state index >= 15 is 0 Å². The SMILES string of the molecule is C.C.C.Cc1[nH]c(/C=C2\C(=O)Nc3ccc(F)cc32)c(C)c1C(=O)NCC(O)CC(=O)N1CCCC1.Cc1[nH]c(/C=C2\C(=O)Nc3ccc(F)cc32)c(C)c1C(=O)NCC(O)CC(=O)NC1CC1. The number of rotatable bonds is 13. The van der Waals surface area contributed by atoms with Crippen molar-refractivity contribution in [3.63, 3.8) is 0 Å². The van der Waals surface area contributed by atoms with Crippen LogP contribution in [0.2, 0.25) is 0 Å². The van der Waals surface area contributed by atoms with Crippen molar-refractivity contribution in [1.82, 2.24) is 30.8 Å². The maximum absolute atomic E-state index is 13.7. The molecule has 4 aromatic rings. The quantitative estimate of drug-likeness (QED) is 0.0689. The molecule has 68 heavy (non-hydrogen) atoms. The second-order valence-corrected chi connectivity index (χ2v) is 16.8. The van der Waals surface area contributed by atoms with Gasteiger partial charge in [-0.05, 0) is 113 Å². The number of aliphatic hydroxyl groups excluding tert-OH is 2. The summed E-state index contributed by atoms with van der Waals surface area (Å²) in [4.78, 5) is 82.2. The molecule has 0 spiro atoms. The van der Waals surface area contributed by atoms with E-state index in [1.807, 2.05) is 0 Å². The van der Waals surface area contributed by atoms with Crippen LogP contribution in [-0.2, 0) is 19.2 Å². The molecular formula is C50H64F2N8O8. The molecule has 0 radical (unpaired) electrons. The third-order valence-electron chi connectivity index (χ3n) is 11.7. The molecule has 1 aliphatic carbocycles. The molecule has 2 aromatic heterocycles. The molecule has 18 heteroatoms. The first-order valence-electron chi connectivity index (χ1n) is 21.5. The van der Waals surface area contributed by atoms with E-state index in [-0.39, 0.29) is 83.8 Å². The fourth-order valence-corrected chi connectivity index (χ4v) is 8.18. The Morgan fingerprint density at radius 3 is 1.56 bits per heavy atom. The van der Waals surface area contributed by atoms with Gasteiger partial charge in [-0.2, -0.15) is 0 Å². The lowest BCUT2D eigenvalue weighted by Gasteiger charge is -2.18. The van der Waals surface area contributed by atoms with E-state index in [0.29, 0.717) is 91.8 Å². The maximum atomic E-state index is 13.7. The first-order chi connectivity index (χ1) is 31.0. The summed E-state index contributed by atoms with van der Waals surface area (Å²) in [6.07, 6.45) is 5.00. The van der Waals surface area contributed by atoms with Crippen molar-refractivity contribution in [2.24, 2.45) is 0 Å². The highest BCUT2D eigenvalue weighted by molar-refractivity contribution is 6.35. The number of likely N-dealkylation sites (tertiary alicyclic amines) is 1. The molecule has 5 heterocycles. The minimum absolute atomic E-state index is 0. The zero-order chi connectivity index (χ0) is 46.7. The van der Waals surface area contributed by atoms with Crippen molar-refractivity contribution in [1.29, 1.82) is 0 Å². The maximum Gasteiger partial charge on any atom is 0.256 e. The van der Waals surface area contributed by atoms with Gasteiger partial charge in [0.15, 0.2) is 0 Å². The van der Waals surface area contributed by atoms with Crippen LogP contribution < -0.4 is 26.6 Å². The minimum Gasteiger partial charge on any atom is -0.391 e. The number of aromatic nitrogens is 2. The van der Waals surface area contributed by atoms with Crippen molar-refractivity contribution in [2.75, 3.05) is 36.8 Å². The van der Waals surface area contributed by atoms with Crippen molar-refractivity contribution >= 4 is 70.1 Å². The molecule has 0 bridgehead atoms. The van der Waals surface area contributed by atoms with Crippen molar-refractivity contribution in [3.05, 3.63) is 104 Å². The Balaban J connectivity index is 0.000000284. The van der Waals surface area contributed by atoms with E-state index in [9.17, 15) is 47.8 Å². The Morgan fingerprint density at radius 2 is 1.13 bits per heavy atom. The van der Waals surface area contributed by atoms with Gasteiger partial charge in [0.05, 0.1) is 47.3 Å². The molecule has 4 aliphatic rings. The summed E-state index contributed by atoms with van der Waals surface area (Å²) in [5.41, 5.74) is 6.91. The number of hydrogen-bond donors (Lipinski definition) is 9. The number of aliphatic hydroxyl groups is 2. The van der Waals surface area contributed by atoms with E-state index in [2.05, 4.69) is 36.6 Å². The van der Waals surface area contributed by atoms with E-state index in [0.717, 1.165) is 25.7 Å². The Hall–Kier alpha value is -6.92. The molecule has 2 atom stereocenters. The number of aromatic amines is 2. The number of H-pyrrole nitrogens is 2. The lowest BCUT2D eigenvalue weighted by molar-refractivity contribution is -0.132. The highest BCUT2D eigenvalue weighted by Gasteiger charge is 2.29. The van der Waals surface area contributed by atoms with Gasteiger partial charge in [-0.3, -0.25) is 28.8 Å². The first kappa shape index (κ1) is 53.7. The highest BCUT2D eigenvalue weighted by Crippen LogP contribution is 2.36. The molecule has 2 fully saturated rings. The third kappa shape index (κ3) is 12.3. The number of amides is 6. The van der Waals surface area contributed by atoms with E-state index in [1.54, 1.807) is 44.7 Å². The van der Waals surface area contributed by atoms with Gasteiger partial charge in [0.25, 0.3) is 23.6 Å². The molecule has 1 saturated heterocycles. The van der Waals surface area contributed by atoms with E-state index in [4.69, 9.17) is 0 Å². The van der Waals surface area contributed by atoms with Crippen LogP contribution in [0.1, 0.15) is 127 Å². The highest BCUT2D eigenvalue weighted by atomic mass is 19.1. The lowest BCUT2D eigenvalue weighted by Crippen LogP contribution is -2.37. The summed E-state index contributed by atoms with van der Waals surface area (Å²) in [6, 6.07) is 8.37. The summed E-state index contributed by atoms with van der Waals surface area (Å²) in [5, 5.41) is 33.8. The summed E-state index contributed by atoms with van der Waals surface area (Å²) < 4.78 is 27.4. The fraction of sp³-hybridized carbons (Fsp3) is 0.400. The predicted octanol–water partition coefficient (Wildman–Crippen LogP) is 6.30. The monoisotopic (exact) mass is 942 g/mol. The number of carbonyl (C=O) groups excluding carboxylic acids is 6. The van der Waals surface area contributed by atoms with Gasteiger partial charge < -0.3 is 51.7 Å². The van der Waals surface area contributed by atoms with Gasteiger partial charge in [-0.15, -0.1) is 0 Å². The second-order valence-electron chi connectivity index (χ2n) is 16.8. The predicted molar refractivity (Wildman–Crippen MR) is 259 cm³/mol. The summed E-state index contributed by atoms with van der Waals surface area (Å²) in [6.45, 7) is 8.27. The summed E-state index contributed by atoms with van der Waals surface area (Å²) in [7, 11) is 0. The molecular weight excluding hydrogens is 879 g/mol. The standard InChI is InChI=1S/C24H27FN4O4.C23H25FN4O4.3CH4/c1-13-20(11-18-17-9-15(25)5-6-19(17)28-23(18)32)27-14(2)22(13)24(33)26-12-16(30)10-21(31)29-7-3-4-8-29;1-11-19(9-17-16-7-13(24)3-6-18(16)28-22(17)31)26-12(2)21(11)23(32)25-10-15(29)8-20(30)27-14-4-5-14;;;/h5-6,9,11,16,27,30H,3-4,7-8,10,12H2,1-2H3,(H,26,33)(H,28,32);3,6-7,9,14-15,26,29H,4-5,8,10H2,1-2H3,(H,25,32)(H,27,30)(H,28,31);3*1H4/b18-11-;17-9-;;;. The Bertz CT molecular complexity index is 2640. The van der Waals surface area contributed by atoms with Crippen LogP contribution in [0.3, 0.4) is 0 Å². The van der Waals surface area contributed by atoms with Crippen LogP contribution in [0.15, 0.2) is 36.4 Å². The lowest BCUT2D eigenvalue weighted by atomic mass is 10.0. The number of nitrogens with one attached hydrogen (secondary N) is 7. The van der Waals surface area contributed by atoms with Crippen LogP contribution in [0.4, 0.5) is 20.2 Å². The van der Waals surface area contributed by atoms with Gasteiger partial charge >= 0.3 is 0 Å². The molecule has 8 rings (SSSR count). The Labute approximate surface area is 395 Å². The number of anilines is 2. The zero-order valence-corrected chi connectivity index (χ0v) is 36.5. The molecule has 9 N–H and O–H groups in total. The molecule has 1 saturated carbocycles. The van der Waals surface area contributed by atoms with E-state index in [1.165, 1.54) is 36.4 Å². The Kier molecular flexibility index (Phi) is 17.9. The van der Waals surface area contributed by atoms with E-state index < -0.39 is 29.7 Å². The van der Waals surface area contributed by atoms with Gasteiger partial charge in [-0.25, -0.2) is 8.78 Å². The van der Waals surface area contributed by atoms with Crippen molar-refractivity contribution in [3.8, 4) is 0 Å². The number of halogens is 2. The number of fused-ring (bicyclic) bond motifs is 2. The van der Waals surface area contributed by atoms with Crippen LogP contribution in [0, 0.1) is 39.3 Å². The molecule has 6 amide bonds. The largest absolute Gasteiger partial charge is 0.391 e. The number of benzene rings is 2. The van der Waals surface area contributed by atoms with Crippen LogP contribution >= 0.6 is 0 Å². The van der Waals surface area contributed by atoms with Crippen LogP contribution in [0.25, 0.3) is 23.3 Å². The van der Waals surface area contributed by atoms with Crippen LogP contribution in [0.5, 0.6) is 0 Å². The summed E-state index contributed by atoms with van der Waals surface area (Å²) in [5.74, 6) is -2.72. The van der Waals surface area contributed by atoms with Gasteiger partial charge in [-0.1, -0.05) is 22.3 Å². The van der Waals surface area contributed by atoms with Gasteiger partial charge in [0.1, 0.15) is 11.6 Å². The fourth-order valence-electron chi connectivity index (χ4n) is 8.18. The zero-order valence-electron chi connectivity index (χ0n) is 36.5. The number of carbonyl (C=O) groups is 6. The normalized spacial score (nSPS) is 16.4. The number of nitrogens with zero attached hydrogens (tertiary/aromatic N) is 1. The molecule has 3 aliphatic heterocycles. The smallest absolute Gasteiger partial charge is 0.256 e. The first-order valence-corrected chi connectivity index (χ1v) is 21.5.